The molecule has 0 saturated carbocycles. The zero-order valence-electron chi connectivity index (χ0n) is 4.70. The summed E-state index contributed by atoms with van der Waals surface area (Å²) in [6, 6.07) is 0. The molecule has 0 aliphatic rings. The Bertz CT molecular complexity index is 72.4. The quantitative estimate of drug-likeness (QED) is 0.541. The van der Waals surface area contributed by atoms with Gasteiger partial charge in [0.2, 0.25) is 0 Å². The largest absolute Gasteiger partial charge is 0.328 e. The molecule has 0 aromatic carbocycles. The molecular formula is C4H10F2N2. The van der Waals surface area contributed by atoms with Crippen molar-refractivity contribution >= 4 is 0 Å². The van der Waals surface area contributed by atoms with Crippen LogP contribution >= 0.6 is 0 Å². The minimum Gasteiger partial charge on any atom is -0.328 e. The van der Waals surface area contributed by atoms with Crippen molar-refractivity contribution in [3.05, 3.63) is 0 Å². The van der Waals surface area contributed by atoms with Gasteiger partial charge < -0.3 is 11.5 Å². The zero-order chi connectivity index (χ0) is 6.78. The standard InChI is InChI=1S/C4H10F2N2/c1-4(8,2-7)3(5)6/h3H,2,7-8H2,1H3/t4-/m1/s1. The van der Waals surface area contributed by atoms with Crippen molar-refractivity contribution in [1.29, 1.82) is 0 Å². The Balaban J connectivity index is 3.71. The average molecular weight is 124 g/mol. The van der Waals surface area contributed by atoms with Gasteiger partial charge in [-0.2, -0.15) is 0 Å². The lowest BCUT2D eigenvalue weighted by molar-refractivity contribution is 0.0685. The molecule has 2 nitrogen and oxygen atoms in total. The molecule has 0 radical (unpaired) electrons. The van der Waals surface area contributed by atoms with Crippen LogP contribution in [0.2, 0.25) is 0 Å². The van der Waals surface area contributed by atoms with Crippen LogP contribution in [0.3, 0.4) is 0 Å². The fraction of sp³-hybridized carbons (Fsp3) is 1.00. The first-order valence-electron chi connectivity index (χ1n) is 2.28. The first-order valence-corrected chi connectivity index (χ1v) is 2.28. The minimum absolute atomic E-state index is 0.190. The Kier molecular flexibility index (Phi) is 2.30. The van der Waals surface area contributed by atoms with Crippen LogP contribution in [0.5, 0.6) is 0 Å². The second-order valence-corrected chi connectivity index (χ2v) is 2.01. The highest BCUT2D eigenvalue weighted by Crippen LogP contribution is 2.08. The monoisotopic (exact) mass is 124 g/mol. The normalized spacial score (nSPS) is 18.8. The van der Waals surface area contributed by atoms with Crippen LogP contribution in [0.15, 0.2) is 0 Å². The Hall–Kier alpha value is -0.220. The van der Waals surface area contributed by atoms with Gasteiger partial charge >= 0.3 is 0 Å². The van der Waals surface area contributed by atoms with Crippen molar-refractivity contribution in [2.75, 3.05) is 6.54 Å². The molecule has 1 atom stereocenters. The summed E-state index contributed by atoms with van der Waals surface area (Å²) in [5.74, 6) is 0. The highest BCUT2D eigenvalue weighted by molar-refractivity contribution is 4.81. The summed E-state index contributed by atoms with van der Waals surface area (Å²) in [7, 11) is 0. The third kappa shape index (κ3) is 1.71. The predicted molar refractivity (Wildman–Crippen MR) is 27.7 cm³/mol. The summed E-state index contributed by atoms with van der Waals surface area (Å²) in [5.41, 5.74) is 8.37. The highest BCUT2D eigenvalue weighted by atomic mass is 19.3. The Morgan fingerprint density at radius 2 is 2.00 bits per heavy atom. The molecule has 4 N–H and O–H groups in total. The van der Waals surface area contributed by atoms with E-state index in [-0.39, 0.29) is 6.54 Å². The van der Waals surface area contributed by atoms with Crippen LogP contribution in [-0.2, 0) is 0 Å². The van der Waals surface area contributed by atoms with Crippen molar-refractivity contribution in [3.8, 4) is 0 Å². The number of alkyl halides is 2. The maximum atomic E-state index is 11.6. The van der Waals surface area contributed by atoms with E-state index in [1.165, 1.54) is 6.92 Å². The molecule has 0 aliphatic carbocycles. The van der Waals surface area contributed by atoms with Gasteiger partial charge in [-0.15, -0.1) is 0 Å². The molecule has 4 heteroatoms. The zero-order valence-corrected chi connectivity index (χ0v) is 4.70. The fourth-order valence-corrected chi connectivity index (χ4v) is 0.0891. The van der Waals surface area contributed by atoms with E-state index in [0.717, 1.165) is 0 Å². The van der Waals surface area contributed by atoms with Gasteiger partial charge in [-0.25, -0.2) is 8.78 Å². The highest BCUT2D eigenvalue weighted by Gasteiger charge is 2.27. The van der Waals surface area contributed by atoms with Gasteiger partial charge in [-0.3, -0.25) is 0 Å². The smallest absolute Gasteiger partial charge is 0.257 e. The lowest BCUT2D eigenvalue weighted by atomic mass is 10.1. The lowest BCUT2D eigenvalue weighted by Crippen LogP contribution is -2.50. The van der Waals surface area contributed by atoms with Gasteiger partial charge in [0.05, 0.1) is 5.54 Å². The maximum absolute atomic E-state index is 11.6. The van der Waals surface area contributed by atoms with E-state index in [9.17, 15) is 8.78 Å². The summed E-state index contributed by atoms with van der Waals surface area (Å²) in [5, 5.41) is 0. The van der Waals surface area contributed by atoms with Gasteiger partial charge in [0.1, 0.15) is 0 Å². The van der Waals surface area contributed by atoms with Crippen molar-refractivity contribution in [3.63, 3.8) is 0 Å². The molecule has 0 aromatic heterocycles. The van der Waals surface area contributed by atoms with Gasteiger partial charge in [0.25, 0.3) is 6.43 Å². The fourth-order valence-electron chi connectivity index (χ4n) is 0.0891. The number of nitrogens with two attached hydrogens (primary N) is 2. The molecule has 0 unspecified atom stereocenters. The van der Waals surface area contributed by atoms with Crippen LogP contribution in [0.25, 0.3) is 0 Å². The first kappa shape index (κ1) is 7.78. The van der Waals surface area contributed by atoms with Crippen LogP contribution in [0, 0.1) is 0 Å². The molecule has 0 spiro atoms. The molecule has 0 saturated heterocycles. The van der Waals surface area contributed by atoms with Crippen molar-refractivity contribution < 1.29 is 8.78 Å². The van der Waals surface area contributed by atoms with Gasteiger partial charge in [-0.1, -0.05) is 0 Å². The van der Waals surface area contributed by atoms with E-state index in [4.69, 9.17) is 11.5 Å². The number of halogens is 2. The van der Waals surface area contributed by atoms with Crippen LogP contribution in [0.1, 0.15) is 6.92 Å². The predicted octanol–water partition coefficient (Wildman–Crippen LogP) is -0.0724. The summed E-state index contributed by atoms with van der Waals surface area (Å²) in [6.45, 7) is 1.03. The van der Waals surface area contributed by atoms with E-state index in [2.05, 4.69) is 0 Å². The maximum Gasteiger partial charge on any atom is 0.257 e. The summed E-state index contributed by atoms with van der Waals surface area (Å²) in [6.07, 6.45) is -2.53. The van der Waals surface area contributed by atoms with Crippen LogP contribution in [0.4, 0.5) is 8.78 Å². The molecule has 0 aliphatic heterocycles. The van der Waals surface area contributed by atoms with E-state index < -0.39 is 12.0 Å². The topological polar surface area (TPSA) is 52.0 Å². The molecule has 0 aromatic rings. The molecular weight excluding hydrogens is 114 g/mol. The van der Waals surface area contributed by atoms with E-state index in [1.54, 1.807) is 0 Å². The number of rotatable bonds is 2. The number of hydrogen-bond donors (Lipinski definition) is 2. The molecule has 0 rings (SSSR count). The van der Waals surface area contributed by atoms with Gasteiger partial charge in [0, 0.05) is 6.54 Å². The summed E-state index contributed by atoms with van der Waals surface area (Å²) >= 11 is 0. The second kappa shape index (κ2) is 2.37. The van der Waals surface area contributed by atoms with Gasteiger partial charge in [-0.05, 0) is 6.92 Å². The Morgan fingerprint density at radius 1 is 1.62 bits per heavy atom. The molecule has 50 valence electrons. The first-order chi connectivity index (χ1) is 3.50. The van der Waals surface area contributed by atoms with Crippen molar-refractivity contribution in [2.45, 2.75) is 18.9 Å². The third-order valence-corrected chi connectivity index (χ3v) is 0.938. The van der Waals surface area contributed by atoms with E-state index in [0.29, 0.717) is 0 Å². The van der Waals surface area contributed by atoms with Crippen molar-refractivity contribution in [2.24, 2.45) is 11.5 Å². The Morgan fingerprint density at radius 3 is 2.00 bits per heavy atom. The van der Waals surface area contributed by atoms with Crippen LogP contribution in [-0.4, -0.2) is 18.5 Å². The molecule has 0 amide bonds. The minimum atomic E-state index is -2.53. The summed E-state index contributed by atoms with van der Waals surface area (Å²) in [4.78, 5) is 0. The molecule has 0 heterocycles. The average Bonchev–Trinajstić information content (AvgIpc) is 1.67. The van der Waals surface area contributed by atoms with E-state index in [1.807, 2.05) is 0 Å². The lowest BCUT2D eigenvalue weighted by Gasteiger charge is -2.20. The van der Waals surface area contributed by atoms with E-state index >= 15 is 0 Å². The van der Waals surface area contributed by atoms with Gasteiger partial charge in [0.15, 0.2) is 0 Å². The van der Waals surface area contributed by atoms with Crippen molar-refractivity contribution in [1.82, 2.24) is 0 Å². The van der Waals surface area contributed by atoms with Crippen LogP contribution < -0.4 is 11.5 Å². The SMILES string of the molecule is C[C@@](N)(CN)C(F)F. The third-order valence-electron chi connectivity index (χ3n) is 0.938. The molecule has 8 heavy (non-hydrogen) atoms. The Labute approximate surface area is 46.8 Å². The summed E-state index contributed by atoms with van der Waals surface area (Å²) < 4.78 is 23.2. The second-order valence-electron chi connectivity index (χ2n) is 2.01. The molecule has 0 fully saturated rings. The molecule has 0 bridgehead atoms. The number of hydrogen-bond acceptors (Lipinski definition) is 2.